The molecule has 0 radical (unpaired) electrons. The molecular formula is C30H29FN6O7. The van der Waals surface area contributed by atoms with Crippen molar-refractivity contribution >= 4 is 35.3 Å². The Bertz CT molecular complexity index is 1660. The Balaban J connectivity index is 1.33. The molecule has 1 atom stereocenters. The van der Waals surface area contributed by atoms with E-state index in [1.165, 1.54) is 36.7 Å². The van der Waals surface area contributed by atoms with Crippen molar-refractivity contribution in [2.45, 2.75) is 19.4 Å². The zero-order valence-electron chi connectivity index (χ0n) is 23.2. The summed E-state index contributed by atoms with van der Waals surface area (Å²) >= 11 is 0. The summed E-state index contributed by atoms with van der Waals surface area (Å²) in [5.41, 5.74) is 7.89. The van der Waals surface area contributed by atoms with E-state index in [9.17, 15) is 28.7 Å². The zero-order chi connectivity index (χ0) is 31.6. The topological polar surface area (TPSA) is 209 Å². The number of carbonyl (C=O) groups is 4. The van der Waals surface area contributed by atoms with Gasteiger partial charge in [0.2, 0.25) is 0 Å². The Hall–Kier alpha value is -5.76. The number of pyridine rings is 1. The van der Waals surface area contributed by atoms with E-state index in [-0.39, 0.29) is 37.2 Å². The smallest absolute Gasteiger partial charge is 0.323 e. The molecule has 14 heteroatoms. The molecule has 0 saturated heterocycles. The third kappa shape index (κ3) is 8.62. The van der Waals surface area contributed by atoms with Crippen LogP contribution in [0, 0.1) is 11.7 Å². The van der Waals surface area contributed by atoms with Gasteiger partial charge >= 0.3 is 18.0 Å². The minimum absolute atomic E-state index is 0.00789. The largest absolute Gasteiger partial charge is 0.481 e. The molecule has 0 spiro atoms. The number of urea groups is 1. The number of aromatic amines is 1. The number of carbonyl (C=O) groups excluding carboxylic acids is 2. The number of carboxylic acid groups (broad SMARTS) is 2. The van der Waals surface area contributed by atoms with Crippen molar-refractivity contribution in [2.75, 3.05) is 17.2 Å². The van der Waals surface area contributed by atoms with Crippen molar-refractivity contribution in [1.82, 2.24) is 15.3 Å². The highest BCUT2D eigenvalue weighted by molar-refractivity contribution is 6.00. The van der Waals surface area contributed by atoms with Crippen molar-refractivity contribution in [2.24, 2.45) is 11.7 Å². The van der Waals surface area contributed by atoms with Gasteiger partial charge in [-0.15, -0.1) is 0 Å². The second-order valence-corrected chi connectivity index (χ2v) is 9.58. The van der Waals surface area contributed by atoms with E-state index in [1.54, 1.807) is 36.4 Å². The molecule has 1 unspecified atom stereocenters. The van der Waals surface area contributed by atoms with Gasteiger partial charge in [-0.3, -0.25) is 19.4 Å². The van der Waals surface area contributed by atoms with Gasteiger partial charge in [0.15, 0.2) is 0 Å². The second-order valence-electron chi connectivity index (χ2n) is 9.58. The number of carboxylic acids is 2. The summed E-state index contributed by atoms with van der Waals surface area (Å²) in [4.78, 5) is 54.2. The van der Waals surface area contributed by atoms with E-state index < -0.39 is 35.6 Å². The molecule has 2 aromatic carbocycles. The predicted molar refractivity (Wildman–Crippen MR) is 158 cm³/mol. The van der Waals surface area contributed by atoms with Crippen molar-refractivity contribution in [3.05, 3.63) is 90.0 Å². The van der Waals surface area contributed by atoms with Gasteiger partial charge in [-0.25, -0.2) is 9.18 Å². The molecule has 0 aliphatic carbocycles. The number of anilines is 2. The van der Waals surface area contributed by atoms with Crippen molar-refractivity contribution in [1.29, 1.82) is 0 Å². The van der Waals surface area contributed by atoms with Gasteiger partial charge < -0.3 is 41.6 Å². The van der Waals surface area contributed by atoms with Gasteiger partial charge in [0, 0.05) is 43.7 Å². The van der Waals surface area contributed by atoms with Crippen LogP contribution in [0.5, 0.6) is 11.5 Å². The summed E-state index contributed by atoms with van der Waals surface area (Å²) in [6.45, 7) is -0.0146. The Morgan fingerprint density at radius 2 is 1.75 bits per heavy atom. The predicted octanol–water partition coefficient (Wildman–Crippen LogP) is 4.41. The molecule has 0 aliphatic rings. The number of hydrogen-bond donors (Lipinski definition) is 7. The highest BCUT2D eigenvalue weighted by Crippen LogP contribution is 2.27. The molecule has 8 N–H and O–H groups in total. The van der Waals surface area contributed by atoms with Gasteiger partial charge in [0.05, 0.1) is 28.6 Å². The summed E-state index contributed by atoms with van der Waals surface area (Å²) in [5, 5.41) is 25.6. The lowest BCUT2D eigenvalue weighted by molar-refractivity contribution is -0.142. The first-order chi connectivity index (χ1) is 21.1. The van der Waals surface area contributed by atoms with Crippen LogP contribution in [0.3, 0.4) is 0 Å². The second kappa shape index (κ2) is 14.4. The normalized spacial score (nSPS) is 11.3. The molecule has 0 saturated carbocycles. The van der Waals surface area contributed by atoms with Crippen LogP contribution in [-0.2, 0) is 16.1 Å². The molecule has 0 aliphatic heterocycles. The number of nitrogens with zero attached hydrogens (tertiary/aromatic N) is 1. The number of hydrogen-bond acceptors (Lipinski definition) is 7. The molecule has 4 aromatic rings. The Kier molecular flexibility index (Phi) is 10.2. The minimum Gasteiger partial charge on any atom is -0.481 e. The highest BCUT2D eigenvalue weighted by Gasteiger charge is 2.20. The van der Waals surface area contributed by atoms with E-state index >= 15 is 0 Å². The first-order valence-corrected chi connectivity index (χ1v) is 13.3. The molecule has 2 heterocycles. The van der Waals surface area contributed by atoms with E-state index in [1.807, 2.05) is 0 Å². The number of benzene rings is 2. The maximum Gasteiger partial charge on any atom is 0.323 e. The van der Waals surface area contributed by atoms with Gasteiger partial charge in [-0.05, 0) is 60.5 Å². The number of nitrogens with one attached hydrogen (secondary N) is 4. The molecule has 13 nitrogen and oxygen atoms in total. The molecule has 0 bridgehead atoms. The molecule has 44 heavy (non-hydrogen) atoms. The summed E-state index contributed by atoms with van der Waals surface area (Å²) < 4.78 is 19.9. The average Bonchev–Trinajstić information content (AvgIpc) is 3.50. The third-order valence-electron chi connectivity index (χ3n) is 6.38. The summed E-state index contributed by atoms with van der Waals surface area (Å²) in [7, 11) is 0. The maximum atomic E-state index is 14.0. The van der Waals surface area contributed by atoms with E-state index in [4.69, 9.17) is 15.6 Å². The van der Waals surface area contributed by atoms with Crippen molar-refractivity contribution < 1.29 is 38.5 Å². The maximum absolute atomic E-state index is 14.0. The fourth-order valence-corrected chi connectivity index (χ4v) is 4.05. The van der Waals surface area contributed by atoms with Gasteiger partial charge in [0.25, 0.3) is 5.91 Å². The number of amides is 3. The number of ether oxygens (including phenoxy) is 1. The Morgan fingerprint density at radius 3 is 2.45 bits per heavy atom. The van der Waals surface area contributed by atoms with Gasteiger partial charge in [0.1, 0.15) is 17.3 Å². The van der Waals surface area contributed by atoms with Crippen LogP contribution >= 0.6 is 0 Å². The number of H-pyrrole nitrogens is 1. The third-order valence-corrected chi connectivity index (χ3v) is 6.38. The zero-order valence-corrected chi connectivity index (χ0v) is 23.2. The van der Waals surface area contributed by atoms with Crippen molar-refractivity contribution in [3.8, 4) is 22.9 Å². The molecule has 4 rings (SSSR count). The monoisotopic (exact) mass is 604 g/mol. The summed E-state index contributed by atoms with van der Waals surface area (Å²) in [6.07, 6.45) is 2.53. The average molecular weight is 605 g/mol. The van der Waals surface area contributed by atoms with Crippen LogP contribution in [0.2, 0.25) is 0 Å². The molecule has 3 amide bonds. The highest BCUT2D eigenvalue weighted by atomic mass is 19.1. The number of rotatable bonds is 13. The lowest BCUT2D eigenvalue weighted by atomic mass is 10.0. The lowest BCUT2D eigenvalue weighted by Crippen LogP contribution is -2.33. The summed E-state index contributed by atoms with van der Waals surface area (Å²) in [6, 6.07) is 14.9. The lowest BCUT2D eigenvalue weighted by Gasteiger charge is -2.11. The first kappa shape index (κ1) is 31.2. The SMILES string of the molecule is NCc1ccc(F)c(NC(=O)Nc2ccc(Oc3ccnc(-c4cc(C(=O)NCC(CCC(=O)O)C(=O)O)c[nH]4)c3)cc2)c1. The Labute approximate surface area is 250 Å². The van der Waals surface area contributed by atoms with Crippen LogP contribution in [0.1, 0.15) is 28.8 Å². The van der Waals surface area contributed by atoms with Crippen LogP contribution in [0.4, 0.5) is 20.6 Å². The molecule has 0 fully saturated rings. The quantitative estimate of drug-likeness (QED) is 0.115. The van der Waals surface area contributed by atoms with Crippen LogP contribution < -0.4 is 26.4 Å². The van der Waals surface area contributed by atoms with E-state index in [2.05, 4.69) is 25.9 Å². The van der Waals surface area contributed by atoms with Gasteiger partial charge in [-0.2, -0.15) is 0 Å². The fraction of sp³-hybridized carbons (Fsp3) is 0.167. The van der Waals surface area contributed by atoms with Crippen LogP contribution in [-0.4, -0.2) is 50.6 Å². The van der Waals surface area contributed by atoms with Crippen LogP contribution in [0.15, 0.2) is 73.1 Å². The fourth-order valence-electron chi connectivity index (χ4n) is 4.05. The van der Waals surface area contributed by atoms with Crippen LogP contribution in [0.25, 0.3) is 11.4 Å². The Morgan fingerprint density at radius 1 is 0.977 bits per heavy atom. The number of aliphatic carboxylic acids is 2. The molecule has 2 aromatic heterocycles. The molecular weight excluding hydrogens is 575 g/mol. The number of aromatic nitrogens is 2. The molecule has 228 valence electrons. The van der Waals surface area contributed by atoms with Gasteiger partial charge in [-0.1, -0.05) is 6.07 Å². The first-order valence-electron chi connectivity index (χ1n) is 13.3. The van der Waals surface area contributed by atoms with E-state index in [0.29, 0.717) is 34.1 Å². The van der Waals surface area contributed by atoms with E-state index in [0.717, 1.165) is 0 Å². The summed E-state index contributed by atoms with van der Waals surface area (Å²) in [5.74, 6) is -3.57. The number of halogens is 1. The minimum atomic E-state index is -1.19. The standard InChI is InChI=1S/C30H29FN6O7/c31-23-7-1-17(14-32)11-24(23)37-30(43)36-20-3-5-21(6-4-20)44-22-9-10-33-26(13-22)25-12-19(16-34-25)28(40)35-15-18(29(41)42)2-8-27(38)39/h1,3-7,9-13,16,18,34H,2,8,14-15,32H2,(H,35,40)(H,38,39)(H,41,42)(H2,36,37,43). The number of nitrogens with two attached hydrogens (primary N) is 1. The van der Waals surface area contributed by atoms with Crippen molar-refractivity contribution in [3.63, 3.8) is 0 Å².